The Morgan fingerprint density at radius 3 is 2.95 bits per heavy atom. The number of fused-ring (bicyclic) bond motifs is 1. The Balaban J connectivity index is 1.78. The summed E-state index contributed by atoms with van der Waals surface area (Å²) < 4.78 is 0.893. The molecule has 2 aromatic heterocycles. The number of pyridine rings is 1. The van der Waals surface area contributed by atoms with E-state index in [0.717, 1.165) is 28.7 Å². The van der Waals surface area contributed by atoms with Gasteiger partial charge >= 0.3 is 0 Å². The SMILES string of the molecule is CN(C)c1ccc(NC2CCCc3sc(Cl)cc32)cn1. The number of nitrogens with one attached hydrogen (secondary N) is 1. The summed E-state index contributed by atoms with van der Waals surface area (Å²) in [7, 11) is 3.99. The lowest BCUT2D eigenvalue weighted by Crippen LogP contribution is -2.16. The van der Waals surface area contributed by atoms with Gasteiger partial charge in [-0.1, -0.05) is 11.6 Å². The van der Waals surface area contributed by atoms with Crippen LogP contribution in [-0.4, -0.2) is 19.1 Å². The first-order chi connectivity index (χ1) is 9.63. The molecule has 1 unspecified atom stereocenters. The summed E-state index contributed by atoms with van der Waals surface area (Å²) in [5.74, 6) is 0.971. The van der Waals surface area contributed by atoms with Crippen molar-refractivity contribution >= 4 is 34.4 Å². The molecule has 0 radical (unpaired) electrons. The van der Waals surface area contributed by atoms with Gasteiger partial charge in [0.2, 0.25) is 0 Å². The van der Waals surface area contributed by atoms with Gasteiger partial charge in [-0.3, -0.25) is 0 Å². The van der Waals surface area contributed by atoms with E-state index in [1.165, 1.54) is 16.9 Å². The second-order valence-corrected chi connectivity index (χ2v) is 7.09. The van der Waals surface area contributed by atoms with Crippen molar-refractivity contribution in [2.45, 2.75) is 25.3 Å². The third-order valence-electron chi connectivity index (χ3n) is 3.63. The minimum absolute atomic E-state index is 0.356. The van der Waals surface area contributed by atoms with E-state index in [1.54, 1.807) is 11.3 Å². The number of aryl methyl sites for hydroxylation is 1. The Bertz CT molecular complexity index is 592. The molecule has 0 saturated heterocycles. The molecular weight excluding hydrogens is 290 g/mol. The maximum Gasteiger partial charge on any atom is 0.128 e. The maximum atomic E-state index is 6.15. The van der Waals surface area contributed by atoms with Gasteiger partial charge in [-0.05, 0) is 43.0 Å². The fourth-order valence-corrected chi connectivity index (χ4v) is 3.99. The highest BCUT2D eigenvalue weighted by atomic mass is 35.5. The first-order valence-corrected chi connectivity index (χ1v) is 8.01. The summed E-state index contributed by atoms with van der Waals surface area (Å²) in [6.45, 7) is 0. The maximum absolute atomic E-state index is 6.15. The van der Waals surface area contributed by atoms with Gasteiger partial charge in [0.05, 0.1) is 22.3 Å². The third kappa shape index (κ3) is 2.76. The van der Waals surface area contributed by atoms with Crippen molar-refractivity contribution < 1.29 is 0 Å². The number of hydrogen-bond acceptors (Lipinski definition) is 4. The molecule has 20 heavy (non-hydrogen) atoms. The predicted octanol–water partition coefficient (Wildman–Crippen LogP) is 4.35. The molecule has 2 heterocycles. The number of aromatic nitrogens is 1. The van der Waals surface area contributed by atoms with Gasteiger partial charge in [0.25, 0.3) is 0 Å². The van der Waals surface area contributed by atoms with Crippen LogP contribution in [0.15, 0.2) is 24.4 Å². The second-order valence-electron chi connectivity index (χ2n) is 5.32. The third-order valence-corrected chi connectivity index (χ3v) is 4.97. The Morgan fingerprint density at radius 1 is 1.40 bits per heavy atom. The average molecular weight is 308 g/mol. The number of rotatable bonds is 3. The molecule has 0 aliphatic heterocycles. The molecule has 1 aliphatic carbocycles. The zero-order chi connectivity index (χ0) is 14.1. The molecule has 3 nitrogen and oxygen atoms in total. The quantitative estimate of drug-likeness (QED) is 0.913. The van der Waals surface area contributed by atoms with Gasteiger partial charge in [-0.15, -0.1) is 11.3 Å². The molecule has 0 fully saturated rings. The fraction of sp³-hybridized carbons (Fsp3) is 0.400. The fourth-order valence-electron chi connectivity index (χ4n) is 2.61. The predicted molar refractivity (Wildman–Crippen MR) is 87.2 cm³/mol. The van der Waals surface area contributed by atoms with Crippen LogP contribution in [0.2, 0.25) is 4.34 Å². The molecule has 0 amide bonds. The Morgan fingerprint density at radius 2 is 2.25 bits per heavy atom. The summed E-state index contributed by atoms with van der Waals surface area (Å²) >= 11 is 7.86. The van der Waals surface area contributed by atoms with E-state index in [4.69, 9.17) is 11.6 Å². The summed E-state index contributed by atoms with van der Waals surface area (Å²) in [4.78, 5) is 7.87. The standard InChI is InChI=1S/C15H18ClN3S/c1-19(2)15-7-6-10(9-17-15)18-12-4-3-5-13-11(12)8-14(16)20-13/h6-9,12,18H,3-5H2,1-2H3. The molecule has 0 spiro atoms. The number of hydrogen-bond donors (Lipinski definition) is 1. The molecule has 1 atom stereocenters. The monoisotopic (exact) mass is 307 g/mol. The number of thiophene rings is 1. The molecule has 3 rings (SSSR count). The van der Waals surface area contributed by atoms with Gasteiger partial charge in [0.15, 0.2) is 0 Å². The van der Waals surface area contributed by atoms with Crippen molar-refractivity contribution in [3.05, 3.63) is 39.2 Å². The van der Waals surface area contributed by atoms with Crippen molar-refractivity contribution in [1.82, 2.24) is 4.98 Å². The molecule has 0 bridgehead atoms. The van der Waals surface area contributed by atoms with E-state index < -0.39 is 0 Å². The van der Waals surface area contributed by atoms with Gasteiger partial charge in [-0.2, -0.15) is 0 Å². The molecule has 1 N–H and O–H groups in total. The zero-order valence-corrected chi connectivity index (χ0v) is 13.3. The molecular formula is C15H18ClN3S. The van der Waals surface area contributed by atoms with E-state index >= 15 is 0 Å². The number of nitrogens with zero attached hydrogens (tertiary/aromatic N) is 2. The van der Waals surface area contributed by atoms with Crippen molar-refractivity contribution in [1.29, 1.82) is 0 Å². The number of anilines is 2. The van der Waals surface area contributed by atoms with Crippen LogP contribution in [0.25, 0.3) is 0 Å². The first-order valence-electron chi connectivity index (χ1n) is 6.81. The lowest BCUT2D eigenvalue weighted by molar-refractivity contribution is 0.608. The van der Waals surface area contributed by atoms with Crippen LogP contribution in [0, 0.1) is 0 Å². The van der Waals surface area contributed by atoms with Crippen LogP contribution in [0.5, 0.6) is 0 Å². The largest absolute Gasteiger partial charge is 0.377 e. The van der Waals surface area contributed by atoms with Gasteiger partial charge in [-0.25, -0.2) is 4.98 Å². The normalized spacial score (nSPS) is 17.6. The summed E-state index contributed by atoms with van der Waals surface area (Å²) in [5.41, 5.74) is 2.43. The van der Waals surface area contributed by atoms with Crippen LogP contribution in [-0.2, 0) is 6.42 Å². The van der Waals surface area contributed by atoms with Gasteiger partial charge < -0.3 is 10.2 Å². The minimum atomic E-state index is 0.356. The van der Waals surface area contributed by atoms with Crippen LogP contribution in [0.4, 0.5) is 11.5 Å². The van der Waals surface area contributed by atoms with E-state index in [2.05, 4.69) is 22.4 Å². The molecule has 5 heteroatoms. The van der Waals surface area contributed by atoms with Gasteiger partial charge in [0, 0.05) is 19.0 Å². The van der Waals surface area contributed by atoms with Crippen LogP contribution < -0.4 is 10.2 Å². The van der Waals surface area contributed by atoms with Crippen molar-refractivity contribution in [2.24, 2.45) is 0 Å². The summed E-state index contributed by atoms with van der Waals surface area (Å²) in [6, 6.07) is 6.59. The second kappa shape index (κ2) is 5.62. The molecule has 0 saturated carbocycles. The molecule has 1 aliphatic rings. The smallest absolute Gasteiger partial charge is 0.128 e. The van der Waals surface area contributed by atoms with E-state index in [1.807, 2.05) is 31.3 Å². The Hall–Kier alpha value is -1.26. The molecule has 0 aromatic carbocycles. The van der Waals surface area contributed by atoms with Crippen LogP contribution in [0.3, 0.4) is 0 Å². The molecule has 106 valence electrons. The average Bonchev–Trinajstić information content (AvgIpc) is 2.81. The molecule has 2 aromatic rings. The Labute approximate surface area is 128 Å². The van der Waals surface area contributed by atoms with Crippen LogP contribution in [0.1, 0.15) is 29.3 Å². The topological polar surface area (TPSA) is 28.2 Å². The lowest BCUT2D eigenvalue weighted by Gasteiger charge is -2.24. The highest BCUT2D eigenvalue weighted by Crippen LogP contribution is 2.39. The van der Waals surface area contributed by atoms with Crippen molar-refractivity contribution in [2.75, 3.05) is 24.3 Å². The minimum Gasteiger partial charge on any atom is -0.377 e. The highest BCUT2D eigenvalue weighted by molar-refractivity contribution is 7.16. The Kier molecular flexibility index (Phi) is 3.85. The zero-order valence-electron chi connectivity index (χ0n) is 11.7. The highest BCUT2D eigenvalue weighted by Gasteiger charge is 2.22. The van der Waals surface area contributed by atoms with Gasteiger partial charge in [0.1, 0.15) is 5.82 Å². The van der Waals surface area contributed by atoms with E-state index in [-0.39, 0.29) is 0 Å². The van der Waals surface area contributed by atoms with E-state index in [0.29, 0.717) is 6.04 Å². The first kappa shape index (κ1) is 13.7. The summed E-state index contributed by atoms with van der Waals surface area (Å²) in [5, 5.41) is 3.58. The van der Waals surface area contributed by atoms with Crippen molar-refractivity contribution in [3.63, 3.8) is 0 Å². The summed E-state index contributed by atoms with van der Waals surface area (Å²) in [6.07, 6.45) is 5.42. The number of halogens is 1. The van der Waals surface area contributed by atoms with E-state index in [9.17, 15) is 0 Å². The van der Waals surface area contributed by atoms with Crippen LogP contribution >= 0.6 is 22.9 Å². The lowest BCUT2D eigenvalue weighted by atomic mass is 9.94. The van der Waals surface area contributed by atoms with Crippen molar-refractivity contribution in [3.8, 4) is 0 Å².